The molecule has 9 nitrogen and oxygen atoms in total. The van der Waals surface area contributed by atoms with Crippen LogP contribution >= 0.6 is 11.3 Å². The summed E-state index contributed by atoms with van der Waals surface area (Å²) in [7, 11) is -3.42. The number of rotatable bonds is 6. The van der Waals surface area contributed by atoms with Crippen LogP contribution in [-0.2, 0) is 30.7 Å². The Balaban J connectivity index is 1.70. The zero-order valence-electron chi connectivity index (χ0n) is 17.8. The van der Waals surface area contributed by atoms with Crippen molar-refractivity contribution in [2.45, 2.75) is 18.4 Å². The third-order valence-electron chi connectivity index (χ3n) is 4.70. The highest BCUT2D eigenvalue weighted by Gasteiger charge is 2.15. The second-order valence-corrected chi connectivity index (χ2v) is 10.1. The molecular formula is C22H20N2O7S2. The number of carbonyl (C=O) groups excluding carboxylic acids is 2. The summed E-state index contributed by atoms with van der Waals surface area (Å²) in [6.07, 6.45) is 4.02. The summed E-state index contributed by atoms with van der Waals surface area (Å²) in [6, 6.07) is 9.83. The molecule has 1 aliphatic rings. The average Bonchev–Trinajstić information content (AvgIpc) is 3.35. The number of nitrogens with zero attached hydrogens (tertiary/aromatic N) is 2. The summed E-state index contributed by atoms with van der Waals surface area (Å²) in [5.41, 5.74) is 1.31. The number of carbonyl (C=O) groups is 2. The van der Waals surface area contributed by atoms with E-state index in [4.69, 9.17) is 14.2 Å². The second kappa shape index (κ2) is 9.20. The first-order valence-electron chi connectivity index (χ1n) is 9.90. The van der Waals surface area contributed by atoms with Crippen molar-refractivity contribution in [3.8, 4) is 11.5 Å². The minimum atomic E-state index is -3.42. The van der Waals surface area contributed by atoms with Gasteiger partial charge >= 0.3 is 5.97 Å². The Bertz CT molecular complexity index is 1450. The van der Waals surface area contributed by atoms with Gasteiger partial charge in [0.25, 0.3) is 5.91 Å². The minimum absolute atomic E-state index is 0.139. The number of esters is 1. The summed E-state index contributed by atoms with van der Waals surface area (Å²) in [4.78, 5) is 29.2. The summed E-state index contributed by atoms with van der Waals surface area (Å²) in [5, 5.41) is 0. The maximum atomic E-state index is 12.6. The summed E-state index contributed by atoms with van der Waals surface area (Å²) in [5.74, 6) is 0.205. The lowest BCUT2D eigenvalue weighted by atomic mass is 10.2. The minimum Gasteiger partial charge on any atom is -0.465 e. The quantitative estimate of drug-likeness (QED) is 0.387. The monoisotopic (exact) mass is 488 g/mol. The molecule has 0 radical (unpaired) electrons. The van der Waals surface area contributed by atoms with E-state index in [9.17, 15) is 18.0 Å². The van der Waals surface area contributed by atoms with Crippen molar-refractivity contribution in [3.63, 3.8) is 0 Å². The lowest BCUT2D eigenvalue weighted by Gasteiger charge is -2.05. The first-order valence-corrected chi connectivity index (χ1v) is 12.6. The fourth-order valence-corrected chi connectivity index (χ4v) is 4.97. The molecule has 172 valence electrons. The largest absolute Gasteiger partial charge is 0.465 e. The van der Waals surface area contributed by atoms with Crippen molar-refractivity contribution < 1.29 is 32.2 Å². The van der Waals surface area contributed by atoms with Crippen molar-refractivity contribution in [1.29, 1.82) is 0 Å². The molecule has 11 heteroatoms. The van der Waals surface area contributed by atoms with Gasteiger partial charge in [0.15, 0.2) is 26.1 Å². The van der Waals surface area contributed by atoms with Crippen molar-refractivity contribution in [2.24, 2.45) is 4.99 Å². The normalized spacial score (nSPS) is 13.7. The van der Waals surface area contributed by atoms with E-state index >= 15 is 0 Å². The predicted octanol–water partition coefficient (Wildman–Crippen LogP) is 2.54. The van der Waals surface area contributed by atoms with Gasteiger partial charge in [0.05, 0.1) is 21.7 Å². The highest BCUT2D eigenvalue weighted by Crippen LogP contribution is 2.32. The van der Waals surface area contributed by atoms with Gasteiger partial charge in [-0.2, -0.15) is 4.99 Å². The van der Waals surface area contributed by atoms with Crippen LogP contribution in [0.5, 0.6) is 11.5 Å². The smallest absolute Gasteiger partial charge is 0.326 e. The molecule has 33 heavy (non-hydrogen) atoms. The van der Waals surface area contributed by atoms with Crippen LogP contribution in [0, 0.1) is 0 Å². The zero-order chi connectivity index (χ0) is 23.6. The van der Waals surface area contributed by atoms with E-state index in [2.05, 4.69) is 4.99 Å². The zero-order valence-corrected chi connectivity index (χ0v) is 19.4. The lowest BCUT2D eigenvalue weighted by Crippen LogP contribution is -2.22. The van der Waals surface area contributed by atoms with E-state index in [1.807, 2.05) is 0 Å². The molecule has 0 atom stereocenters. The molecule has 0 saturated heterocycles. The first kappa shape index (κ1) is 22.7. The van der Waals surface area contributed by atoms with Gasteiger partial charge in [0, 0.05) is 12.3 Å². The number of benzene rings is 2. The Morgan fingerprint density at radius 2 is 1.97 bits per heavy atom. The van der Waals surface area contributed by atoms with Crippen molar-refractivity contribution >= 4 is 49.3 Å². The molecule has 3 aromatic rings. The molecular weight excluding hydrogens is 468 g/mol. The number of amides is 1. The van der Waals surface area contributed by atoms with Crippen LogP contribution in [0.25, 0.3) is 16.3 Å². The Kier molecular flexibility index (Phi) is 6.34. The maximum absolute atomic E-state index is 12.6. The highest BCUT2D eigenvalue weighted by molar-refractivity contribution is 7.90. The van der Waals surface area contributed by atoms with Gasteiger partial charge in [-0.1, -0.05) is 17.4 Å². The van der Waals surface area contributed by atoms with E-state index in [1.54, 1.807) is 37.3 Å². The highest BCUT2D eigenvalue weighted by atomic mass is 32.2. The van der Waals surface area contributed by atoms with Crippen LogP contribution in [0.3, 0.4) is 0 Å². The van der Waals surface area contributed by atoms with Gasteiger partial charge in [-0.05, 0) is 48.9 Å². The Labute approximate surface area is 193 Å². The average molecular weight is 489 g/mol. The van der Waals surface area contributed by atoms with Gasteiger partial charge in [0.2, 0.25) is 6.79 Å². The van der Waals surface area contributed by atoms with E-state index in [1.165, 1.54) is 22.8 Å². The third kappa shape index (κ3) is 5.15. The van der Waals surface area contributed by atoms with Crippen LogP contribution in [0.15, 0.2) is 52.4 Å². The molecule has 1 aliphatic heterocycles. The fraction of sp³-hybridized carbons (Fsp3) is 0.227. The molecule has 0 aliphatic carbocycles. The first-order chi connectivity index (χ1) is 15.7. The molecule has 4 rings (SSSR count). The van der Waals surface area contributed by atoms with E-state index < -0.39 is 21.7 Å². The molecule has 0 bridgehead atoms. The summed E-state index contributed by atoms with van der Waals surface area (Å²) in [6.45, 7) is 1.90. The maximum Gasteiger partial charge on any atom is 0.326 e. The number of aromatic nitrogens is 1. The second-order valence-electron chi connectivity index (χ2n) is 7.07. The van der Waals surface area contributed by atoms with E-state index in [0.717, 1.165) is 23.2 Å². The van der Waals surface area contributed by atoms with Crippen LogP contribution in [-0.4, -0.2) is 44.5 Å². The van der Waals surface area contributed by atoms with Gasteiger partial charge in [0.1, 0.15) is 6.54 Å². The lowest BCUT2D eigenvalue weighted by molar-refractivity contribution is -0.143. The van der Waals surface area contributed by atoms with Gasteiger partial charge in [-0.3, -0.25) is 9.59 Å². The number of sulfone groups is 1. The van der Waals surface area contributed by atoms with Gasteiger partial charge < -0.3 is 18.8 Å². The summed E-state index contributed by atoms with van der Waals surface area (Å²) >= 11 is 1.11. The number of thiazole rings is 1. The van der Waals surface area contributed by atoms with Crippen molar-refractivity contribution in [1.82, 2.24) is 4.57 Å². The number of fused-ring (bicyclic) bond motifs is 2. The molecule has 0 saturated carbocycles. The fourth-order valence-electron chi connectivity index (χ4n) is 3.17. The topological polar surface area (TPSA) is 113 Å². The molecule has 0 fully saturated rings. The number of hydrogen-bond acceptors (Lipinski definition) is 8. The third-order valence-corrected chi connectivity index (χ3v) is 6.85. The standard InChI is InChI=1S/C22H20N2O7S2/c1-3-29-21(26)12-24-16-7-6-15(33(2,27)28)11-19(16)32-22(24)23-20(25)9-5-14-4-8-17-18(10-14)31-13-30-17/h4-11H,3,12-13H2,1-2H3/b9-5-,23-22?. The van der Waals surface area contributed by atoms with Crippen LogP contribution in [0.4, 0.5) is 0 Å². The molecule has 1 aromatic heterocycles. The molecule has 2 heterocycles. The Morgan fingerprint density at radius 1 is 1.18 bits per heavy atom. The molecule has 2 aromatic carbocycles. The molecule has 0 N–H and O–H groups in total. The SMILES string of the molecule is CCOC(=O)Cn1c(=NC(=O)/C=C\c2ccc3c(c2)OCO3)sc2cc(S(C)(=O)=O)ccc21. The van der Waals surface area contributed by atoms with Crippen LogP contribution < -0.4 is 14.3 Å². The Hall–Kier alpha value is -3.44. The van der Waals surface area contributed by atoms with Crippen LogP contribution in [0.2, 0.25) is 0 Å². The van der Waals surface area contributed by atoms with Crippen molar-refractivity contribution in [3.05, 3.63) is 52.8 Å². The van der Waals surface area contributed by atoms with Gasteiger partial charge in [-0.15, -0.1) is 0 Å². The Morgan fingerprint density at radius 3 is 2.73 bits per heavy atom. The van der Waals surface area contributed by atoms with Gasteiger partial charge in [-0.25, -0.2) is 8.42 Å². The predicted molar refractivity (Wildman–Crippen MR) is 122 cm³/mol. The van der Waals surface area contributed by atoms with Crippen molar-refractivity contribution in [2.75, 3.05) is 19.7 Å². The molecule has 0 spiro atoms. The van der Waals surface area contributed by atoms with E-state index in [0.29, 0.717) is 21.7 Å². The van der Waals surface area contributed by atoms with Crippen LogP contribution in [0.1, 0.15) is 12.5 Å². The number of ether oxygens (including phenoxy) is 3. The summed E-state index contributed by atoms with van der Waals surface area (Å²) < 4.78 is 41.6. The molecule has 1 amide bonds. The molecule has 0 unspecified atom stereocenters. The van der Waals surface area contributed by atoms with E-state index in [-0.39, 0.29) is 29.6 Å². The number of hydrogen-bond donors (Lipinski definition) is 0.